The summed E-state index contributed by atoms with van der Waals surface area (Å²) < 4.78 is 0. The molecule has 0 amide bonds. The number of thioether (sulfide) groups is 1. The average Bonchev–Trinajstić information content (AvgIpc) is 1.89. The standard InChI is InChI=1S/C7H15OS/c1-3-7(2)4-5-9-6-8/h7H,3-6H2,1-2H3. The van der Waals surface area contributed by atoms with Crippen LogP contribution in [0.15, 0.2) is 0 Å². The number of rotatable bonds is 5. The Labute approximate surface area is 61.8 Å². The fourth-order valence-electron chi connectivity index (χ4n) is 0.548. The first kappa shape index (κ1) is 9.31. The van der Waals surface area contributed by atoms with Crippen LogP contribution in [-0.2, 0) is 5.11 Å². The monoisotopic (exact) mass is 147 g/mol. The van der Waals surface area contributed by atoms with Gasteiger partial charge >= 0.3 is 0 Å². The maximum absolute atomic E-state index is 9.96. The van der Waals surface area contributed by atoms with Gasteiger partial charge in [0.05, 0.1) is 0 Å². The van der Waals surface area contributed by atoms with Gasteiger partial charge in [0.15, 0.2) is 0 Å². The molecule has 0 spiro atoms. The van der Waals surface area contributed by atoms with Crippen LogP contribution in [-0.4, -0.2) is 11.7 Å². The van der Waals surface area contributed by atoms with E-state index in [1.165, 1.54) is 24.6 Å². The molecular weight excluding hydrogens is 132 g/mol. The molecule has 0 heterocycles. The van der Waals surface area contributed by atoms with Crippen molar-refractivity contribution < 1.29 is 5.11 Å². The van der Waals surface area contributed by atoms with Crippen LogP contribution >= 0.6 is 11.8 Å². The van der Waals surface area contributed by atoms with Crippen LogP contribution < -0.4 is 0 Å². The van der Waals surface area contributed by atoms with Gasteiger partial charge in [-0.25, -0.2) is 5.11 Å². The van der Waals surface area contributed by atoms with Crippen molar-refractivity contribution in [3.05, 3.63) is 0 Å². The van der Waals surface area contributed by atoms with Gasteiger partial charge in [-0.3, -0.25) is 0 Å². The van der Waals surface area contributed by atoms with Gasteiger partial charge in [0, 0.05) is 0 Å². The Kier molecular flexibility index (Phi) is 6.65. The highest BCUT2D eigenvalue weighted by Crippen LogP contribution is 2.10. The van der Waals surface area contributed by atoms with E-state index in [0.717, 1.165) is 11.7 Å². The summed E-state index contributed by atoms with van der Waals surface area (Å²) in [4.78, 5) is 0. The van der Waals surface area contributed by atoms with Gasteiger partial charge in [-0.1, -0.05) is 20.3 Å². The van der Waals surface area contributed by atoms with E-state index in [-0.39, 0.29) is 5.94 Å². The largest absolute Gasteiger partial charge is 0.225 e. The van der Waals surface area contributed by atoms with Crippen LogP contribution in [0, 0.1) is 5.92 Å². The van der Waals surface area contributed by atoms with E-state index in [2.05, 4.69) is 13.8 Å². The van der Waals surface area contributed by atoms with Crippen molar-refractivity contribution in [3.8, 4) is 0 Å². The molecule has 0 aromatic rings. The molecule has 1 unspecified atom stereocenters. The number of hydrogen-bond acceptors (Lipinski definition) is 1. The zero-order valence-corrected chi connectivity index (χ0v) is 7.04. The van der Waals surface area contributed by atoms with Crippen LogP contribution in [0.5, 0.6) is 0 Å². The van der Waals surface area contributed by atoms with E-state index in [1.54, 1.807) is 0 Å². The van der Waals surface area contributed by atoms with Crippen molar-refractivity contribution in [1.29, 1.82) is 0 Å². The summed E-state index contributed by atoms with van der Waals surface area (Å²) in [5.74, 6) is 1.86. The van der Waals surface area contributed by atoms with Crippen molar-refractivity contribution >= 4 is 11.8 Å². The molecule has 0 aliphatic rings. The van der Waals surface area contributed by atoms with Gasteiger partial charge in [-0.2, -0.15) is 0 Å². The molecule has 0 saturated carbocycles. The molecule has 0 saturated heterocycles. The molecule has 1 radical (unpaired) electrons. The summed E-state index contributed by atoms with van der Waals surface area (Å²) in [6.07, 6.45) is 2.43. The summed E-state index contributed by atoms with van der Waals surface area (Å²) in [7, 11) is 0. The highest BCUT2D eigenvalue weighted by molar-refractivity contribution is 7.99. The number of hydrogen-bond donors (Lipinski definition) is 0. The van der Waals surface area contributed by atoms with E-state index < -0.39 is 0 Å². The molecular formula is C7H15OS. The third-order valence-corrected chi connectivity index (χ3v) is 2.23. The first-order valence-electron chi connectivity index (χ1n) is 3.47. The highest BCUT2D eigenvalue weighted by atomic mass is 32.2. The van der Waals surface area contributed by atoms with Gasteiger partial charge in [-0.05, 0) is 18.1 Å². The Morgan fingerprint density at radius 1 is 1.56 bits per heavy atom. The lowest BCUT2D eigenvalue weighted by Crippen LogP contribution is -1.93. The predicted molar refractivity (Wildman–Crippen MR) is 42.1 cm³/mol. The van der Waals surface area contributed by atoms with Crippen molar-refractivity contribution in [3.63, 3.8) is 0 Å². The lowest BCUT2D eigenvalue weighted by molar-refractivity contribution is 0.260. The highest BCUT2D eigenvalue weighted by Gasteiger charge is 1.96. The lowest BCUT2D eigenvalue weighted by Gasteiger charge is -2.04. The average molecular weight is 147 g/mol. The quantitative estimate of drug-likeness (QED) is 0.432. The molecule has 0 fully saturated rings. The summed E-state index contributed by atoms with van der Waals surface area (Å²) in [6.45, 7) is 4.41. The fraction of sp³-hybridized carbons (Fsp3) is 1.00. The van der Waals surface area contributed by atoms with Gasteiger partial charge < -0.3 is 0 Å². The first-order chi connectivity index (χ1) is 4.31. The molecule has 0 rings (SSSR count). The van der Waals surface area contributed by atoms with E-state index >= 15 is 0 Å². The van der Waals surface area contributed by atoms with Crippen LogP contribution in [0.25, 0.3) is 0 Å². The Hall–Kier alpha value is 0.310. The van der Waals surface area contributed by atoms with Crippen LogP contribution in [0.1, 0.15) is 26.7 Å². The van der Waals surface area contributed by atoms with Gasteiger partial charge in [0.2, 0.25) is 0 Å². The summed E-state index contributed by atoms with van der Waals surface area (Å²) >= 11 is 1.50. The molecule has 55 valence electrons. The molecule has 0 aliphatic heterocycles. The van der Waals surface area contributed by atoms with Gasteiger partial charge in [-0.15, -0.1) is 11.8 Å². The van der Waals surface area contributed by atoms with Gasteiger partial charge in [0.1, 0.15) is 5.94 Å². The Bertz CT molecular complexity index is 56.9. The minimum absolute atomic E-state index is 0.0242. The van der Waals surface area contributed by atoms with Crippen LogP contribution in [0.3, 0.4) is 0 Å². The molecule has 1 atom stereocenters. The van der Waals surface area contributed by atoms with Crippen LogP contribution in [0.2, 0.25) is 0 Å². The third-order valence-electron chi connectivity index (χ3n) is 1.54. The lowest BCUT2D eigenvalue weighted by atomic mass is 10.1. The molecule has 0 aliphatic carbocycles. The zero-order valence-electron chi connectivity index (χ0n) is 6.22. The second kappa shape index (κ2) is 6.43. The maximum Gasteiger partial charge on any atom is 0.128 e. The van der Waals surface area contributed by atoms with E-state index in [9.17, 15) is 5.11 Å². The third kappa shape index (κ3) is 6.19. The Morgan fingerprint density at radius 2 is 2.22 bits per heavy atom. The van der Waals surface area contributed by atoms with Crippen molar-refractivity contribution in [2.45, 2.75) is 26.7 Å². The molecule has 0 aromatic heterocycles. The normalized spacial score (nSPS) is 13.7. The minimum Gasteiger partial charge on any atom is -0.225 e. The second-order valence-electron chi connectivity index (χ2n) is 2.33. The van der Waals surface area contributed by atoms with Crippen molar-refractivity contribution in [1.82, 2.24) is 0 Å². The van der Waals surface area contributed by atoms with E-state index in [4.69, 9.17) is 0 Å². The molecule has 1 nitrogen and oxygen atoms in total. The predicted octanol–water partition coefficient (Wildman–Crippen LogP) is 2.54. The fourth-order valence-corrected chi connectivity index (χ4v) is 1.23. The van der Waals surface area contributed by atoms with E-state index in [0.29, 0.717) is 0 Å². The van der Waals surface area contributed by atoms with Crippen molar-refractivity contribution in [2.75, 3.05) is 11.7 Å². The van der Waals surface area contributed by atoms with Crippen molar-refractivity contribution in [2.24, 2.45) is 5.92 Å². The molecule has 2 heteroatoms. The summed E-state index contributed by atoms with van der Waals surface area (Å²) in [6, 6.07) is 0. The molecule has 0 aromatic carbocycles. The second-order valence-corrected chi connectivity index (χ2v) is 3.38. The Morgan fingerprint density at radius 3 is 2.67 bits per heavy atom. The summed E-state index contributed by atoms with van der Waals surface area (Å²) in [5, 5.41) is 9.96. The topological polar surface area (TPSA) is 19.9 Å². The molecule has 0 N–H and O–H groups in total. The van der Waals surface area contributed by atoms with Gasteiger partial charge in [0.25, 0.3) is 0 Å². The SMILES string of the molecule is CCC(C)CCSC[O]. The zero-order chi connectivity index (χ0) is 7.11. The first-order valence-corrected chi connectivity index (χ1v) is 4.62. The molecule has 9 heavy (non-hydrogen) atoms. The Balaban J connectivity index is 2.88. The maximum atomic E-state index is 9.96. The molecule has 0 bridgehead atoms. The summed E-state index contributed by atoms with van der Waals surface area (Å²) in [5.41, 5.74) is 0. The van der Waals surface area contributed by atoms with E-state index in [1.807, 2.05) is 0 Å². The minimum atomic E-state index is 0.0242. The van der Waals surface area contributed by atoms with Crippen LogP contribution in [0.4, 0.5) is 0 Å². The smallest absolute Gasteiger partial charge is 0.128 e.